The van der Waals surface area contributed by atoms with Gasteiger partial charge in [-0.05, 0) is 25.1 Å². The van der Waals surface area contributed by atoms with Crippen LogP contribution in [0.15, 0.2) is 18.2 Å². The van der Waals surface area contributed by atoms with Crippen LogP contribution in [0.5, 0.6) is 0 Å². The lowest BCUT2D eigenvalue weighted by atomic mass is 10.1. The molecule has 1 unspecified atom stereocenters. The highest BCUT2D eigenvalue weighted by atomic mass is 32.2. The summed E-state index contributed by atoms with van der Waals surface area (Å²) in [6.45, 7) is 1.33. The number of rotatable bonds is 3. The van der Waals surface area contributed by atoms with Crippen molar-refractivity contribution in [1.29, 1.82) is 0 Å². The fourth-order valence-corrected chi connectivity index (χ4v) is 1.77. The standard InChI is InChI=1S/C9H10F2O3S/c1-6(14-15(2,12)13)8-5-7(10)3-4-9(8)11/h3-6H,1-2H3. The van der Waals surface area contributed by atoms with Gasteiger partial charge in [0.15, 0.2) is 0 Å². The first kappa shape index (κ1) is 12.1. The minimum atomic E-state index is -3.69. The minimum absolute atomic E-state index is 0.125. The molecule has 3 nitrogen and oxygen atoms in total. The topological polar surface area (TPSA) is 43.4 Å². The van der Waals surface area contributed by atoms with Crippen LogP contribution in [0.1, 0.15) is 18.6 Å². The average molecular weight is 236 g/mol. The van der Waals surface area contributed by atoms with E-state index in [1.54, 1.807) is 0 Å². The van der Waals surface area contributed by atoms with Crippen LogP contribution < -0.4 is 0 Å². The van der Waals surface area contributed by atoms with Gasteiger partial charge in [-0.1, -0.05) is 0 Å². The second-order valence-corrected chi connectivity index (χ2v) is 4.71. The Balaban J connectivity index is 3.00. The molecule has 0 bridgehead atoms. The predicted molar refractivity (Wildman–Crippen MR) is 50.7 cm³/mol. The fraction of sp³-hybridized carbons (Fsp3) is 0.333. The molecule has 0 aromatic heterocycles. The monoisotopic (exact) mass is 236 g/mol. The fourth-order valence-electron chi connectivity index (χ4n) is 1.14. The van der Waals surface area contributed by atoms with Crippen molar-refractivity contribution in [1.82, 2.24) is 0 Å². The molecular formula is C9H10F2O3S. The summed E-state index contributed by atoms with van der Waals surface area (Å²) in [6, 6.07) is 2.78. The summed E-state index contributed by atoms with van der Waals surface area (Å²) in [5, 5.41) is 0. The molecule has 84 valence electrons. The van der Waals surface area contributed by atoms with Gasteiger partial charge in [-0.3, -0.25) is 4.18 Å². The highest BCUT2D eigenvalue weighted by Crippen LogP contribution is 2.22. The molecule has 0 N–H and O–H groups in total. The van der Waals surface area contributed by atoms with Crippen molar-refractivity contribution in [2.45, 2.75) is 13.0 Å². The molecule has 1 aromatic rings. The van der Waals surface area contributed by atoms with Crippen molar-refractivity contribution >= 4 is 10.1 Å². The molecule has 1 aromatic carbocycles. The minimum Gasteiger partial charge on any atom is -0.262 e. The van der Waals surface area contributed by atoms with E-state index in [1.807, 2.05) is 0 Å². The van der Waals surface area contributed by atoms with Crippen molar-refractivity contribution in [3.8, 4) is 0 Å². The Morgan fingerprint density at radius 1 is 1.33 bits per heavy atom. The first-order valence-corrected chi connectivity index (χ1v) is 5.94. The Hall–Kier alpha value is -1.01. The molecule has 6 heteroatoms. The molecule has 0 saturated heterocycles. The zero-order valence-electron chi connectivity index (χ0n) is 8.20. The van der Waals surface area contributed by atoms with Gasteiger partial charge in [0.2, 0.25) is 0 Å². The Kier molecular flexibility index (Phi) is 3.41. The molecule has 0 fully saturated rings. The van der Waals surface area contributed by atoms with Gasteiger partial charge in [0.1, 0.15) is 17.7 Å². The summed E-state index contributed by atoms with van der Waals surface area (Å²) in [5.41, 5.74) is -0.125. The third-order valence-electron chi connectivity index (χ3n) is 1.72. The summed E-state index contributed by atoms with van der Waals surface area (Å²) in [4.78, 5) is 0. The van der Waals surface area contributed by atoms with Gasteiger partial charge < -0.3 is 0 Å². The van der Waals surface area contributed by atoms with Crippen LogP contribution in [-0.4, -0.2) is 14.7 Å². The number of hydrogen-bond donors (Lipinski definition) is 0. The zero-order valence-corrected chi connectivity index (χ0v) is 9.01. The largest absolute Gasteiger partial charge is 0.264 e. The third kappa shape index (κ3) is 3.56. The number of halogens is 2. The van der Waals surface area contributed by atoms with Crippen LogP contribution >= 0.6 is 0 Å². The van der Waals surface area contributed by atoms with Gasteiger partial charge in [-0.2, -0.15) is 8.42 Å². The van der Waals surface area contributed by atoms with Gasteiger partial charge >= 0.3 is 0 Å². The predicted octanol–water partition coefficient (Wildman–Crippen LogP) is 2.00. The van der Waals surface area contributed by atoms with E-state index in [0.717, 1.165) is 24.5 Å². The lowest BCUT2D eigenvalue weighted by Gasteiger charge is -2.12. The highest BCUT2D eigenvalue weighted by molar-refractivity contribution is 7.86. The van der Waals surface area contributed by atoms with Gasteiger partial charge in [0.25, 0.3) is 10.1 Å². The van der Waals surface area contributed by atoms with Crippen molar-refractivity contribution in [2.75, 3.05) is 6.26 Å². The van der Waals surface area contributed by atoms with Gasteiger partial charge in [-0.25, -0.2) is 8.78 Å². The van der Waals surface area contributed by atoms with Crippen molar-refractivity contribution < 1.29 is 21.4 Å². The maximum atomic E-state index is 13.2. The summed E-state index contributed by atoms with van der Waals surface area (Å²) in [7, 11) is -3.69. The van der Waals surface area contributed by atoms with Crippen LogP contribution in [0, 0.1) is 11.6 Å². The zero-order chi connectivity index (χ0) is 11.6. The van der Waals surface area contributed by atoms with Crippen LogP contribution in [-0.2, 0) is 14.3 Å². The highest BCUT2D eigenvalue weighted by Gasteiger charge is 2.16. The van der Waals surface area contributed by atoms with E-state index < -0.39 is 27.9 Å². The van der Waals surface area contributed by atoms with Gasteiger partial charge in [0.05, 0.1) is 6.26 Å². The molecule has 0 spiro atoms. The van der Waals surface area contributed by atoms with Crippen LogP contribution in [0.2, 0.25) is 0 Å². The van der Waals surface area contributed by atoms with Crippen molar-refractivity contribution in [2.24, 2.45) is 0 Å². The maximum Gasteiger partial charge on any atom is 0.264 e. The second kappa shape index (κ2) is 4.24. The van der Waals surface area contributed by atoms with E-state index in [-0.39, 0.29) is 5.56 Å². The average Bonchev–Trinajstić information content (AvgIpc) is 2.06. The maximum absolute atomic E-state index is 13.2. The van der Waals surface area contributed by atoms with Crippen LogP contribution in [0.3, 0.4) is 0 Å². The van der Waals surface area contributed by atoms with Gasteiger partial charge in [0, 0.05) is 5.56 Å². The Bertz CT molecular complexity index is 456. The quantitative estimate of drug-likeness (QED) is 0.754. The number of hydrogen-bond acceptors (Lipinski definition) is 3. The van der Waals surface area contributed by atoms with Crippen molar-refractivity contribution in [3.63, 3.8) is 0 Å². The van der Waals surface area contributed by atoms with E-state index in [9.17, 15) is 17.2 Å². The summed E-state index contributed by atoms with van der Waals surface area (Å²) in [6.07, 6.45) is -0.198. The van der Waals surface area contributed by atoms with Gasteiger partial charge in [-0.15, -0.1) is 0 Å². The van der Waals surface area contributed by atoms with E-state index in [0.29, 0.717) is 0 Å². The summed E-state index contributed by atoms with van der Waals surface area (Å²) < 4.78 is 52.0. The molecule has 15 heavy (non-hydrogen) atoms. The second-order valence-electron chi connectivity index (χ2n) is 3.11. The Labute approximate surface area is 86.8 Å². The lowest BCUT2D eigenvalue weighted by Crippen LogP contribution is -2.09. The summed E-state index contributed by atoms with van der Waals surface area (Å²) in [5.74, 6) is -1.34. The first-order valence-electron chi connectivity index (χ1n) is 4.13. The Morgan fingerprint density at radius 2 is 1.93 bits per heavy atom. The molecule has 0 saturated carbocycles. The summed E-state index contributed by atoms with van der Waals surface area (Å²) >= 11 is 0. The molecule has 0 aliphatic carbocycles. The lowest BCUT2D eigenvalue weighted by molar-refractivity contribution is 0.230. The van der Waals surface area contributed by atoms with Crippen LogP contribution in [0.4, 0.5) is 8.78 Å². The smallest absolute Gasteiger partial charge is 0.262 e. The van der Waals surface area contributed by atoms with E-state index in [4.69, 9.17) is 0 Å². The number of benzene rings is 1. The normalized spacial score (nSPS) is 13.9. The molecule has 0 heterocycles. The van der Waals surface area contributed by atoms with E-state index in [2.05, 4.69) is 4.18 Å². The van der Waals surface area contributed by atoms with E-state index >= 15 is 0 Å². The van der Waals surface area contributed by atoms with E-state index in [1.165, 1.54) is 6.92 Å². The molecule has 0 radical (unpaired) electrons. The Morgan fingerprint density at radius 3 is 2.47 bits per heavy atom. The molecule has 1 rings (SSSR count). The third-order valence-corrected chi connectivity index (χ3v) is 2.35. The first-order chi connectivity index (χ1) is 6.79. The molecule has 0 aliphatic heterocycles. The van der Waals surface area contributed by atoms with Crippen molar-refractivity contribution in [3.05, 3.63) is 35.4 Å². The van der Waals surface area contributed by atoms with Crippen LogP contribution in [0.25, 0.3) is 0 Å². The molecule has 0 aliphatic rings. The molecule has 1 atom stereocenters. The molecule has 0 amide bonds. The SMILES string of the molecule is CC(OS(C)(=O)=O)c1cc(F)ccc1F. The molecular weight excluding hydrogens is 226 g/mol.